The van der Waals surface area contributed by atoms with Crippen molar-refractivity contribution in [3.8, 4) is 5.75 Å². The topological polar surface area (TPSA) is 105 Å². The first-order valence-corrected chi connectivity index (χ1v) is 12.9. The summed E-state index contributed by atoms with van der Waals surface area (Å²) < 4.78 is 11.9. The van der Waals surface area contributed by atoms with Crippen LogP contribution in [0.5, 0.6) is 5.75 Å². The van der Waals surface area contributed by atoms with Gasteiger partial charge in [0.2, 0.25) is 17.7 Å². The van der Waals surface area contributed by atoms with E-state index in [1.54, 1.807) is 27.8 Å². The van der Waals surface area contributed by atoms with Crippen molar-refractivity contribution in [2.24, 2.45) is 0 Å². The van der Waals surface area contributed by atoms with Crippen LogP contribution in [-0.4, -0.2) is 88.2 Å². The Balaban J connectivity index is 1.25. The maximum absolute atomic E-state index is 13.0. The van der Waals surface area contributed by atoms with Crippen LogP contribution in [0.1, 0.15) is 39.9 Å². The molecule has 0 spiro atoms. The van der Waals surface area contributed by atoms with Crippen molar-refractivity contribution in [1.29, 1.82) is 0 Å². The third-order valence-electron chi connectivity index (χ3n) is 7.57. The molecule has 4 amide bonds. The molecule has 1 unspecified atom stereocenters. The second-order valence-electron chi connectivity index (χ2n) is 11.3. The number of benzene rings is 2. The van der Waals surface area contributed by atoms with Gasteiger partial charge in [-0.15, -0.1) is 0 Å². The number of carbonyl (C=O) groups is 4. The van der Waals surface area contributed by atoms with Crippen molar-refractivity contribution in [1.82, 2.24) is 15.1 Å². The van der Waals surface area contributed by atoms with Crippen molar-refractivity contribution >= 4 is 55.0 Å². The molecule has 13 heteroatoms. The molecule has 5 rings (SSSR count). The zero-order valence-corrected chi connectivity index (χ0v) is 22.2. The van der Waals surface area contributed by atoms with Crippen LogP contribution in [0.15, 0.2) is 42.5 Å². The molecular weight excluding hydrogens is 482 g/mol. The van der Waals surface area contributed by atoms with E-state index in [9.17, 15) is 19.2 Å². The number of ether oxygens (including phenoxy) is 2. The minimum Gasteiger partial charge on any atom is -0.489 e. The number of fused-ring (bicyclic) bond motifs is 1. The fourth-order valence-electron chi connectivity index (χ4n) is 5.16. The van der Waals surface area contributed by atoms with Crippen molar-refractivity contribution in [2.45, 2.75) is 49.3 Å². The minimum atomic E-state index is -0.839. The number of hydrogen-bond donors (Lipinski definition) is 1. The van der Waals surface area contributed by atoms with Crippen LogP contribution in [0.25, 0.3) is 0 Å². The monoisotopic (exact) mass is 511 g/mol. The lowest BCUT2D eigenvalue weighted by Crippen LogP contribution is -2.68. The van der Waals surface area contributed by atoms with Crippen LogP contribution >= 0.6 is 0 Å². The molecule has 0 aliphatic carbocycles. The molecule has 2 fully saturated rings. The number of nitrogens with zero attached hydrogens (tertiary/aromatic N) is 2. The van der Waals surface area contributed by atoms with E-state index in [0.717, 1.165) is 16.7 Å². The third kappa shape index (κ3) is 4.87. The van der Waals surface area contributed by atoms with Crippen molar-refractivity contribution < 1.29 is 28.7 Å². The summed E-state index contributed by atoms with van der Waals surface area (Å²) in [6.07, 6.45) is 0.530. The van der Waals surface area contributed by atoms with E-state index in [-0.39, 0.29) is 30.7 Å². The van der Waals surface area contributed by atoms with E-state index in [4.69, 9.17) is 9.47 Å². The van der Waals surface area contributed by atoms with E-state index in [2.05, 4.69) is 5.32 Å². The summed E-state index contributed by atoms with van der Waals surface area (Å²) in [4.78, 5) is 53.3. The Morgan fingerprint density at radius 2 is 1.71 bits per heavy atom. The van der Waals surface area contributed by atoms with Crippen LogP contribution < -0.4 is 10.1 Å². The normalized spacial score (nSPS) is 22.3. The van der Waals surface area contributed by atoms with Crippen molar-refractivity contribution in [3.05, 3.63) is 64.7 Å². The number of rotatable bonds is 6. The second-order valence-corrected chi connectivity index (χ2v) is 11.3. The first kappa shape index (κ1) is 26.2. The van der Waals surface area contributed by atoms with Gasteiger partial charge in [0.05, 0.1) is 18.6 Å². The average Bonchev–Trinajstić information content (AvgIpc) is 3.21. The Labute approximate surface area is 225 Å². The summed E-state index contributed by atoms with van der Waals surface area (Å²) in [6.45, 7) is 1.53. The number of piperidine rings is 1. The molecule has 3 aliphatic rings. The minimum absolute atomic E-state index is 0.0278. The number of morpholine rings is 1. The SMILES string of the molecule is BC1(B)OCC(B)(B)N(Cc2ccc(COc3cccc4c3CN(C3CCC(=O)NC3=O)C4=O)cc2)C1=O. The van der Waals surface area contributed by atoms with Gasteiger partial charge in [0.25, 0.3) is 5.91 Å². The molecule has 0 aromatic heterocycles. The summed E-state index contributed by atoms with van der Waals surface area (Å²) in [7, 11) is 7.62. The molecule has 2 saturated heterocycles. The Morgan fingerprint density at radius 1 is 1.00 bits per heavy atom. The van der Waals surface area contributed by atoms with E-state index < -0.39 is 22.7 Å². The lowest BCUT2D eigenvalue weighted by molar-refractivity contribution is -0.155. The van der Waals surface area contributed by atoms with E-state index in [0.29, 0.717) is 37.5 Å². The highest BCUT2D eigenvalue weighted by atomic mass is 16.5. The number of carbonyl (C=O) groups excluding carboxylic acids is 4. The van der Waals surface area contributed by atoms with Gasteiger partial charge < -0.3 is 19.3 Å². The predicted molar refractivity (Wildman–Crippen MR) is 149 cm³/mol. The van der Waals surface area contributed by atoms with Crippen LogP contribution in [0, 0.1) is 0 Å². The highest BCUT2D eigenvalue weighted by molar-refractivity contribution is 6.51. The molecule has 38 heavy (non-hydrogen) atoms. The van der Waals surface area contributed by atoms with Crippen LogP contribution in [0.2, 0.25) is 0 Å². The lowest BCUT2D eigenvalue weighted by Gasteiger charge is -2.49. The zero-order valence-electron chi connectivity index (χ0n) is 22.2. The molecule has 1 atom stereocenters. The van der Waals surface area contributed by atoms with Gasteiger partial charge in [-0.05, 0) is 29.7 Å². The maximum atomic E-state index is 13.0. The highest BCUT2D eigenvalue weighted by Crippen LogP contribution is 2.34. The van der Waals surface area contributed by atoms with Crippen LogP contribution in [0.3, 0.4) is 0 Å². The Bertz CT molecular complexity index is 1320. The summed E-state index contributed by atoms with van der Waals surface area (Å²) in [5.74, 6) is -0.407. The Morgan fingerprint density at radius 3 is 2.42 bits per heavy atom. The van der Waals surface area contributed by atoms with Gasteiger partial charge in [-0.25, -0.2) is 0 Å². The average molecular weight is 511 g/mol. The van der Waals surface area contributed by atoms with E-state index >= 15 is 0 Å². The summed E-state index contributed by atoms with van der Waals surface area (Å²) in [5, 5.41) is 1.08. The molecular formula is C25H29B4N3O6. The van der Waals surface area contributed by atoms with Crippen LogP contribution in [0.4, 0.5) is 0 Å². The predicted octanol–water partition coefficient (Wildman–Crippen LogP) is -2.77. The molecule has 3 aliphatic heterocycles. The molecule has 0 bridgehead atoms. The molecule has 0 saturated carbocycles. The zero-order chi connectivity index (χ0) is 27.2. The summed E-state index contributed by atoms with van der Waals surface area (Å²) in [5.41, 5.74) is 3.22. The standard InChI is InChI=1S/C25H29B4N3O6/c26-24(27)13-38-25(28,29)23(36)32(24)10-14-4-6-15(7-5-14)12-37-19-3-1-2-16-17(19)11-31(22(16)35)18-8-9-20(33)30-21(18)34/h1-7,18H,8-13,26-29H2,(H,30,33,34). The van der Waals surface area contributed by atoms with Crippen LogP contribution in [-0.2, 0) is 38.8 Å². The molecule has 2 aromatic rings. The van der Waals surface area contributed by atoms with Gasteiger partial charge in [-0.2, -0.15) is 0 Å². The smallest absolute Gasteiger partial charge is 0.255 e. The number of amides is 4. The number of nitrogens with one attached hydrogen (secondary N) is 1. The maximum Gasteiger partial charge on any atom is 0.255 e. The Kier molecular flexibility index (Phi) is 6.67. The van der Waals surface area contributed by atoms with Gasteiger partial charge in [-0.3, -0.25) is 24.5 Å². The second kappa shape index (κ2) is 9.69. The van der Waals surface area contributed by atoms with Gasteiger partial charge >= 0.3 is 0 Å². The van der Waals surface area contributed by atoms with Gasteiger partial charge in [0, 0.05) is 29.4 Å². The van der Waals surface area contributed by atoms with E-state index in [1.165, 1.54) is 4.90 Å². The number of imide groups is 1. The van der Waals surface area contributed by atoms with Gasteiger partial charge in [-0.1, -0.05) is 30.3 Å². The van der Waals surface area contributed by atoms with Gasteiger partial charge in [0.15, 0.2) is 0 Å². The fourth-order valence-corrected chi connectivity index (χ4v) is 5.16. The molecule has 0 radical (unpaired) electrons. The first-order valence-electron chi connectivity index (χ1n) is 12.9. The quantitative estimate of drug-likeness (QED) is 0.333. The fraction of sp³-hybridized carbons (Fsp3) is 0.360. The number of hydrogen-bond acceptors (Lipinski definition) is 6. The molecule has 192 valence electrons. The van der Waals surface area contributed by atoms with E-state index in [1.807, 2.05) is 50.9 Å². The highest BCUT2D eigenvalue weighted by Gasteiger charge is 2.45. The molecule has 2 aromatic carbocycles. The summed E-state index contributed by atoms with van der Waals surface area (Å²) >= 11 is 0. The molecule has 1 N–H and O–H groups in total. The summed E-state index contributed by atoms with van der Waals surface area (Å²) in [6, 6.07) is 12.6. The van der Waals surface area contributed by atoms with Crippen molar-refractivity contribution in [3.63, 3.8) is 0 Å². The van der Waals surface area contributed by atoms with Gasteiger partial charge in [0.1, 0.15) is 49.8 Å². The molecule has 3 heterocycles. The largest absolute Gasteiger partial charge is 0.489 e. The van der Waals surface area contributed by atoms with Crippen molar-refractivity contribution in [2.75, 3.05) is 6.61 Å². The lowest BCUT2D eigenvalue weighted by atomic mass is 9.55. The molecule has 9 nitrogen and oxygen atoms in total. The Hall–Kier alpha value is -3.46. The third-order valence-corrected chi connectivity index (χ3v) is 7.57. The first-order chi connectivity index (χ1) is 18.0.